The van der Waals surface area contributed by atoms with E-state index in [1.165, 1.54) is 7.11 Å². The van der Waals surface area contributed by atoms with Crippen molar-refractivity contribution in [2.24, 2.45) is 0 Å². The number of ether oxygens (including phenoxy) is 3. The number of methoxy groups -OCH3 is 1. The van der Waals surface area contributed by atoms with Crippen molar-refractivity contribution >= 4 is 5.97 Å². The summed E-state index contributed by atoms with van der Waals surface area (Å²) in [7, 11) is 1.50. The number of benzene rings is 1. The highest BCUT2D eigenvalue weighted by Gasteiger charge is 2.23. The van der Waals surface area contributed by atoms with Gasteiger partial charge < -0.3 is 19.3 Å². The van der Waals surface area contributed by atoms with Crippen molar-refractivity contribution in [2.75, 3.05) is 20.3 Å². The van der Waals surface area contributed by atoms with E-state index in [-0.39, 0.29) is 0 Å². The van der Waals surface area contributed by atoms with E-state index >= 15 is 0 Å². The Labute approximate surface area is 98.9 Å². The van der Waals surface area contributed by atoms with Crippen LogP contribution in [0.3, 0.4) is 0 Å². The Hall–Kier alpha value is -1.91. The minimum Gasteiger partial charge on any atom is -0.496 e. The topological polar surface area (TPSA) is 65.0 Å². The number of carbonyl (C=O) groups is 1. The van der Waals surface area contributed by atoms with E-state index in [0.717, 1.165) is 0 Å². The second-order valence-electron chi connectivity index (χ2n) is 3.80. The third-order valence-corrected chi connectivity index (χ3v) is 2.73. The average Bonchev–Trinajstić information content (AvgIpc) is 2.36. The minimum atomic E-state index is -0.903. The number of fused-ring (bicyclic) bond motifs is 1. The van der Waals surface area contributed by atoms with Crippen LogP contribution in [0.15, 0.2) is 12.1 Å². The van der Waals surface area contributed by atoms with Gasteiger partial charge in [0.25, 0.3) is 0 Å². The fourth-order valence-corrected chi connectivity index (χ4v) is 1.73. The zero-order valence-electron chi connectivity index (χ0n) is 9.73. The van der Waals surface area contributed by atoms with Crippen LogP contribution in [-0.4, -0.2) is 31.4 Å². The smallest absolute Gasteiger partial charge is 0.310 e. The summed E-state index contributed by atoms with van der Waals surface area (Å²) >= 11 is 0. The van der Waals surface area contributed by atoms with E-state index < -0.39 is 11.9 Å². The molecule has 0 aromatic heterocycles. The van der Waals surface area contributed by atoms with Crippen molar-refractivity contribution in [1.82, 2.24) is 0 Å². The highest BCUT2D eigenvalue weighted by atomic mass is 16.6. The minimum absolute atomic E-state index is 0.472. The maximum atomic E-state index is 11.0. The van der Waals surface area contributed by atoms with Gasteiger partial charge in [0, 0.05) is 11.6 Å². The summed E-state index contributed by atoms with van der Waals surface area (Å²) in [4.78, 5) is 11.0. The molecule has 0 fully saturated rings. The third-order valence-electron chi connectivity index (χ3n) is 2.73. The summed E-state index contributed by atoms with van der Waals surface area (Å²) in [5.74, 6) is 0.111. The molecule has 2 rings (SSSR count). The first kappa shape index (κ1) is 11.6. The molecule has 0 spiro atoms. The van der Waals surface area contributed by atoms with Crippen LogP contribution in [0.1, 0.15) is 18.4 Å². The van der Waals surface area contributed by atoms with Gasteiger partial charge in [-0.2, -0.15) is 0 Å². The van der Waals surface area contributed by atoms with Gasteiger partial charge >= 0.3 is 5.97 Å². The van der Waals surface area contributed by atoms with Crippen LogP contribution >= 0.6 is 0 Å². The Morgan fingerprint density at radius 1 is 1.35 bits per heavy atom. The maximum absolute atomic E-state index is 11.0. The monoisotopic (exact) mass is 238 g/mol. The normalized spacial score (nSPS) is 15.2. The lowest BCUT2D eigenvalue weighted by molar-refractivity contribution is -0.138. The van der Waals surface area contributed by atoms with Gasteiger partial charge in [-0.3, -0.25) is 4.79 Å². The fraction of sp³-hybridized carbons (Fsp3) is 0.417. The van der Waals surface area contributed by atoms with Crippen molar-refractivity contribution in [3.8, 4) is 17.2 Å². The van der Waals surface area contributed by atoms with Gasteiger partial charge in [0.05, 0.1) is 13.0 Å². The lowest BCUT2D eigenvalue weighted by Crippen LogP contribution is -2.17. The Balaban J connectivity index is 2.46. The van der Waals surface area contributed by atoms with E-state index in [4.69, 9.17) is 19.3 Å². The summed E-state index contributed by atoms with van der Waals surface area (Å²) in [5, 5.41) is 9.03. The maximum Gasteiger partial charge on any atom is 0.310 e. The molecule has 92 valence electrons. The zero-order chi connectivity index (χ0) is 12.4. The molecule has 0 aliphatic carbocycles. The predicted octanol–water partition coefficient (Wildman–Crippen LogP) is 1.65. The SMILES string of the molecule is COc1cc2c(cc1C(C)C(=O)O)OCCO2. The largest absolute Gasteiger partial charge is 0.496 e. The molecular weight excluding hydrogens is 224 g/mol. The van der Waals surface area contributed by atoms with Crippen LogP contribution in [0.25, 0.3) is 0 Å². The molecule has 5 nitrogen and oxygen atoms in total. The van der Waals surface area contributed by atoms with Crippen LogP contribution in [0.4, 0.5) is 0 Å². The van der Waals surface area contributed by atoms with Crippen molar-refractivity contribution < 1.29 is 24.1 Å². The number of rotatable bonds is 3. The molecule has 1 N–H and O–H groups in total. The molecule has 0 radical (unpaired) electrons. The van der Waals surface area contributed by atoms with Crippen molar-refractivity contribution in [3.63, 3.8) is 0 Å². The molecule has 1 aliphatic rings. The first-order chi connectivity index (χ1) is 8.13. The van der Waals surface area contributed by atoms with E-state index in [9.17, 15) is 4.79 Å². The van der Waals surface area contributed by atoms with Gasteiger partial charge in [0.1, 0.15) is 19.0 Å². The standard InChI is InChI=1S/C12H14O5/c1-7(12(13)14)8-5-10-11(6-9(8)15-2)17-4-3-16-10/h5-7H,3-4H2,1-2H3,(H,13,14). The first-order valence-corrected chi connectivity index (χ1v) is 5.34. The third kappa shape index (κ3) is 2.13. The van der Waals surface area contributed by atoms with Crippen molar-refractivity contribution in [2.45, 2.75) is 12.8 Å². The van der Waals surface area contributed by atoms with Gasteiger partial charge in [-0.15, -0.1) is 0 Å². The number of hydrogen-bond donors (Lipinski definition) is 1. The summed E-state index contributed by atoms with van der Waals surface area (Å²) in [6, 6.07) is 3.34. The van der Waals surface area contributed by atoms with Crippen molar-refractivity contribution in [3.05, 3.63) is 17.7 Å². The molecule has 0 amide bonds. The molecule has 5 heteroatoms. The van der Waals surface area contributed by atoms with Gasteiger partial charge in [-0.1, -0.05) is 0 Å². The Morgan fingerprint density at radius 2 is 1.94 bits per heavy atom. The molecule has 1 heterocycles. The van der Waals surface area contributed by atoms with E-state index in [0.29, 0.717) is 36.0 Å². The van der Waals surface area contributed by atoms with E-state index in [1.807, 2.05) is 0 Å². The summed E-state index contributed by atoms with van der Waals surface area (Å²) in [6.45, 7) is 2.57. The Bertz CT molecular complexity index is 441. The van der Waals surface area contributed by atoms with Crippen LogP contribution in [-0.2, 0) is 4.79 Å². The van der Waals surface area contributed by atoms with Gasteiger partial charge in [0.2, 0.25) is 0 Å². The van der Waals surface area contributed by atoms with Crippen LogP contribution in [0, 0.1) is 0 Å². The molecule has 1 unspecified atom stereocenters. The average molecular weight is 238 g/mol. The summed E-state index contributed by atoms with van der Waals surface area (Å²) in [5.41, 5.74) is 0.587. The zero-order valence-corrected chi connectivity index (χ0v) is 9.73. The molecule has 1 aromatic carbocycles. The quantitative estimate of drug-likeness (QED) is 0.867. The molecule has 0 saturated carbocycles. The van der Waals surface area contributed by atoms with E-state index in [1.54, 1.807) is 19.1 Å². The molecule has 0 bridgehead atoms. The van der Waals surface area contributed by atoms with E-state index in [2.05, 4.69) is 0 Å². The molecule has 1 aliphatic heterocycles. The van der Waals surface area contributed by atoms with Crippen LogP contribution in [0.5, 0.6) is 17.2 Å². The van der Waals surface area contributed by atoms with Gasteiger partial charge in [-0.25, -0.2) is 0 Å². The Morgan fingerprint density at radius 3 is 2.47 bits per heavy atom. The highest BCUT2D eigenvalue weighted by Crippen LogP contribution is 2.39. The fourth-order valence-electron chi connectivity index (χ4n) is 1.73. The summed E-state index contributed by atoms with van der Waals surface area (Å²) in [6.07, 6.45) is 0. The van der Waals surface area contributed by atoms with Crippen LogP contribution < -0.4 is 14.2 Å². The number of carboxylic acid groups (broad SMARTS) is 1. The van der Waals surface area contributed by atoms with Crippen LogP contribution in [0.2, 0.25) is 0 Å². The molecule has 1 aromatic rings. The predicted molar refractivity (Wildman–Crippen MR) is 60.0 cm³/mol. The lowest BCUT2D eigenvalue weighted by Gasteiger charge is -2.21. The number of aliphatic carboxylic acids is 1. The van der Waals surface area contributed by atoms with Gasteiger partial charge in [-0.05, 0) is 13.0 Å². The van der Waals surface area contributed by atoms with Crippen molar-refractivity contribution in [1.29, 1.82) is 0 Å². The molecule has 1 atom stereocenters. The number of carboxylic acids is 1. The first-order valence-electron chi connectivity index (χ1n) is 5.34. The highest BCUT2D eigenvalue weighted by molar-refractivity contribution is 5.77. The lowest BCUT2D eigenvalue weighted by atomic mass is 9.99. The summed E-state index contributed by atoms with van der Waals surface area (Å²) < 4.78 is 16.0. The Kier molecular flexibility index (Phi) is 3.08. The second kappa shape index (κ2) is 4.53. The second-order valence-corrected chi connectivity index (χ2v) is 3.80. The molecule has 0 saturated heterocycles. The molecule has 17 heavy (non-hydrogen) atoms. The molecular formula is C12H14O5. The van der Waals surface area contributed by atoms with Gasteiger partial charge in [0.15, 0.2) is 11.5 Å². The number of hydrogen-bond acceptors (Lipinski definition) is 4.